The maximum Gasteiger partial charge on any atom is 0.336 e. The third-order valence-electron chi connectivity index (χ3n) is 2.40. The number of aromatic nitrogens is 2. The predicted molar refractivity (Wildman–Crippen MR) is 60.9 cm³/mol. The van der Waals surface area contributed by atoms with Gasteiger partial charge in [0, 0.05) is 29.6 Å². The molecular formula is C12H9FN2O3. The Kier molecular flexibility index (Phi) is 3.18. The molecule has 0 aliphatic heterocycles. The van der Waals surface area contributed by atoms with Crippen molar-refractivity contribution < 1.29 is 19.0 Å². The molecule has 6 heteroatoms. The molecule has 0 aliphatic rings. The molecule has 2 heterocycles. The van der Waals surface area contributed by atoms with Crippen LogP contribution >= 0.6 is 0 Å². The number of methoxy groups -OCH3 is 1. The minimum absolute atomic E-state index is 0.0221. The summed E-state index contributed by atoms with van der Waals surface area (Å²) in [5, 5.41) is 9.08. The normalized spacial score (nSPS) is 10.1. The lowest BCUT2D eigenvalue weighted by molar-refractivity contribution is 0.0697. The molecule has 2 aromatic rings. The number of nitrogens with zero attached hydrogens (tertiary/aromatic N) is 2. The Hall–Kier alpha value is -2.50. The van der Waals surface area contributed by atoms with Gasteiger partial charge in [0.2, 0.25) is 5.95 Å². The average Bonchev–Trinajstić information content (AvgIpc) is 2.38. The van der Waals surface area contributed by atoms with Crippen molar-refractivity contribution in [2.45, 2.75) is 0 Å². The van der Waals surface area contributed by atoms with E-state index in [2.05, 4.69) is 9.97 Å². The lowest BCUT2D eigenvalue weighted by Crippen LogP contribution is -2.01. The van der Waals surface area contributed by atoms with Gasteiger partial charge in [-0.15, -0.1) is 0 Å². The average molecular weight is 248 g/mol. The van der Waals surface area contributed by atoms with E-state index in [0.717, 1.165) is 6.07 Å². The summed E-state index contributed by atoms with van der Waals surface area (Å²) in [5.74, 6) is -1.55. The number of hydrogen-bond donors (Lipinski definition) is 1. The molecule has 0 radical (unpaired) electrons. The van der Waals surface area contributed by atoms with Gasteiger partial charge in [-0.2, -0.15) is 4.39 Å². The summed E-state index contributed by atoms with van der Waals surface area (Å²) in [4.78, 5) is 18.4. The smallest absolute Gasteiger partial charge is 0.336 e. The number of ether oxygens (including phenoxy) is 1. The number of carboxylic acids is 1. The van der Waals surface area contributed by atoms with E-state index in [9.17, 15) is 9.18 Å². The molecule has 2 aromatic heterocycles. The molecular weight excluding hydrogens is 239 g/mol. The van der Waals surface area contributed by atoms with Crippen LogP contribution in [0.3, 0.4) is 0 Å². The molecule has 18 heavy (non-hydrogen) atoms. The number of hydrogen-bond acceptors (Lipinski definition) is 4. The molecule has 0 spiro atoms. The largest absolute Gasteiger partial charge is 0.494 e. The SMILES string of the molecule is COc1cnc(F)cc1-c1cnccc1C(=O)O. The number of aromatic carboxylic acids is 1. The molecule has 0 saturated carbocycles. The number of carboxylic acid groups (broad SMARTS) is 1. The first kappa shape index (κ1) is 12.0. The van der Waals surface area contributed by atoms with Crippen LogP contribution in [0.1, 0.15) is 10.4 Å². The second-order valence-electron chi connectivity index (χ2n) is 3.43. The van der Waals surface area contributed by atoms with E-state index < -0.39 is 11.9 Å². The lowest BCUT2D eigenvalue weighted by Gasteiger charge is -2.09. The van der Waals surface area contributed by atoms with E-state index in [1.807, 2.05) is 0 Å². The standard InChI is InChI=1S/C12H9FN2O3/c1-18-10-6-15-11(13)4-8(10)9-5-14-3-2-7(9)12(16)17/h2-6H,1H3,(H,16,17). The van der Waals surface area contributed by atoms with Gasteiger partial charge in [0.1, 0.15) is 5.75 Å². The fraction of sp³-hybridized carbons (Fsp3) is 0.0833. The first-order valence-corrected chi connectivity index (χ1v) is 5.00. The van der Waals surface area contributed by atoms with Crippen molar-refractivity contribution in [2.24, 2.45) is 0 Å². The fourth-order valence-corrected chi connectivity index (χ4v) is 1.59. The molecule has 0 aliphatic carbocycles. The zero-order valence-corrected chi connectivity index (χ0v) is 9.42. The van der Waals surface area contributed by atoms with Gasteiger partial charge in [0.25, 0.3) is 0 Å². The Morgan fingerprint density at radius 1 is 1.39 bits per heavy atom. The Morgan fingerprint density at radius 2 is 2.17 bits per heavy atom. The summed E-state index contributed by atoms with van der Waals surface area (Å²) in [6.45, 7) is 0. The van der Waals surface area contributed by atoms with E-state index in [-0.39, 0.29) is 16.9 Å². The summed E-state index contributed by atoms with van der Waals surface area (Å²) in [6.07, 6.45) is 3.90. The van der Waals surface area contributed by atoms with E-state index in [0.29, 0.717) is 5.56 Å². The molecule has 0 unspecified atom stereocenters. The van der Waals surface area contributed by atoms with E-state index in [1.165, 1.54) is 31.8 Å². The number of halogens is 1. The van der Waals surface area contributed by atoms with Crippen LogP contribution in [0.2, 0.25) is 0 Å². The van der Waals surface area contributed by atoms with Crippen molar-refractivity contribution >= 4 is 5.97 Å². The fourth-order valence-electron chi connectivity index (χ4n) is 1.59. The topological polar surface area (TPSA) is 72.3 Å². The summed E-state index contributed by atoms with van der Waals surface area (Å²) in [5.41, 5.74) is 0.604. The second kappa shape index (κ2) is 4.79. The van der Waals surface area contributed by atoms with Crippen molar-refractivity contribution in [1.82, 2.24) is 9.97 Å². The van der Waals surface area contributed by atoms with Gasteiger partial charge in [0.05, 0.1) is 18.9 Å². The molecule has 92 valence electrons. The maximum absolute atomic E-state index is 13.2. The van der Waals surface area contributed by atoms with Crippen molar-refractivity contribution in [1.29, 1.82) is 0 Å². The van der Waals surface area contributed by atoms with Crippen molar-refractivity contribution in [3.05, 3.63) is 42.2 Å². The lowest BCUT2D eigenvalue weighted by atomic mass is 10.0. The molecule has 1 N–H and O–H groups in total. The monoisotopic (exact) mass is 248 g/mol. The molecule has 0 aromatic carbocycles. The summed E-state index contributed by atoms with van der Waals surface area (Å²) >= 11 is 0. The first-order chi connectivity index (χ1) is 8.63. The molecule has 0 amide bonds. The van der Waals surface area contributed by atoms with Gasteiger partial charge in [-0.3, -0.25) is 4.98 Å². The summed E-state index contributed by atoms with van der Waals surface area (Å²) in [7, 11) is 1.40. The third-order valence-corrected chi connectivity index (χ3v) is 2.40. The van der Waals surface area contributed by atoms with Crippen LogP contribution in [0.4, 0.5) is 4.39 Å². The minimum atomic E-state index is -1.12. The highest BCUT2D eigenvalue weighted by Crippen LogP contribution is 2.31. The molecule has 0 saturated heterocycles. The van der Waals surface area contributed by atoms with Crippen LogP contribution in [0.25, 0.3) is 11.1 Å². The molecule has 0 atom stereocenters. The Morgan fingerprint density at radius 3 is 2.83 bits per heavy atom. The van der Waals surface area contributed by atoms with Crippen molar-refractivity contribution in [3.63, 3.8) is 0 Å². The molecule has 5 nitrogen and oxygen atoms in total. The van der Waals surface area contributed by atoms with Gasteiger partial charge >= 0.3 is 5.97 Å². The highest BCUT2D eigenvalue weighted by Gasteiger charge is 2.16. The van der Waals surface area contributed by atoms with Gasteiger partial charge in [-0.1, -0.05) is 0 Å². The van der Waals surface area contributed by atoms with Gasteiger partial charge in [-0.25, -0.2) is 9.78 Å². The van der Waals surface area contributed by atoms with Crippen LogP contribution in [-0.4, -0.2) is 28.2 Å². The van der Waals surface area contributed by atoms with E-state index in [1.54, 1.807) is 0 Å². The molecule has 0 fully saturated rings. The maximum atomic E-state index is 13.2. The van der Waals surface area contributed by atoms with E-state index >= 15 is 0 Å². The zero-order chi connectivity index (χ0) is 13.1. The predicted octanol–water partition coefficient (Wildman–Crippen LogP) is 1.99. The second-order valence-corrected chi connectivity index (χ2v) is 3.43. The van der Waals surface area contributed by atoms with Crippen molar-refractivity contribution in [3.8, 4) is 16.9 Å². The highest BCUT2D eigenvalue weighted by atomic mass is 19.1. The van der Waals surface area contributed by atoms with Crippen LogP contribution in [-0.2, 0) is 0 Å². The zero-order valence-electron chi connectivity index (χ0n) is 9.42. The van der Waals surface area contributed by atoms with Crippen LogP contribution in [0, 0.1) is 5.95 Å². The van der Waals surface area contributed by atoms with Gasteiger partial charge in [0.15, 0.2) is 0 Å². The minimum Gasteiger partial charge on any atom is -0.494 e. The Balaban J connectivity index is 2.68. The van der Waals surface area contributed by atoms with Gasteiger partial charge < -0.3 is 9.84 Å². The highest BCUT2D eigenvalue weighted by molar-refractivity contribution is 5.96. The number of pyridine rings is 2. The summed E-state index contributed by atoms with van der Waals surface area (Å²) < 4.78 is 18.2. The Bertz CT molecular complexity index is 602. The van der Waals surface area contributed by atoms with Gasteiger partial charge in [-0.05, 0) is 6.07 Å². The van der Waals surface area contributed by atoms with E-state index in [4.69, 9.17) is 9.84 Å². The number of carbonyl (C=O) groups is 1. The van der Waals surface area contributed by atoms with Crippen molar-refractivity contribution in [2.75, 3.05) is 7.11 Å². The Labute approximate surface area is 102 Å². The molecule has 2 rings (SSSR count). The third kappa shape index (κ3) is 2.13. The number of rotatable bonds is 3. The summed E-state index contributed by atoms with van der Waals surface area (Å²) in [6, 6.07) is 2.46. The first-order valence-electron chi connectivity index (χ1n) is 5.00. The van der Waals surface area contributed by atoms with Crippen LogP contribution < -0.4 is 4.74 Å². The quantitative estimate of drug-likeness (QED) is 0.841. The van der Waals surface area contributed by atoms with Crippen LogP contribution in [0.15, 0.2) is 30.7 Å². The molecule has 0 bridgehead atoms. The van der Waals surface area contributed by atoms with Crippen LogP contribution in [0.5, 0.6) is 5.75 Å².